The Hall–Kier alpha value is -13.1. The highest BCUT2D eigenvalue weighted by Gasteiger charge is 2.26. The van der Waals surface area contributed by atoms with Gasteiger partial charge in [0, 0.05) is 97.7 Å². The minimum absolute atomic E-state index is 0.0150. The molecule has 15 rings (SSSR count). The number of ketones is 2. The van der Waals surface area contributed by atoms with E-state index in [1.807, 2.05) is 165 Å². The Bertz CT molecular complexity index is 5870. The van der Waals surface area contributed by atoms with E-state index >= 15 is 0 Å². The van der Waals surface area contributed by atoms with E-state index in [9.17, 15) is 33.6 Å². The summed E-state index contributed by atoms with van der Waals surface area (Å²) in [6.45, 7) is 16.5. The SMILES string of the molecule is CC(=O)O/N=C1\CCCCc2ccccc21.CC(=O)ON=C1CCc2ccc3ccccc3c21.CCCCCC/C(=N\OC(=O)c1ccccc1)C(=O)c1ccc(Sc2ccccc2)cc1.CCn1c2ccc(C(=O)c3ccccc3C)cc2c2cc(/C(C)=N/OC(C)=O)ccc21.COc1cc2c(c3ccccc13)/C(=N/OC(=O)C(C)C)CCC2. The Morgan fingerprint density at radius 1 is 0.442 bits per heavy atom. The monoisotopic (exact) mass is 1620 g/mol. The van der Waals surface area contributed by atoms with E-state index in [0.717, 1.165) is 183 Å². The maximum atomic E-state index is 13.2. The average molecular weight is 1630 g/mol. The summed E-state index contributed by atoms with van der Waals surface area (Å²) in [6, 6.07) is 76.6. The highest BCUT2D eigenvalue weighted by Crippen LogP contribution is 2.38. The minimum Gasteiger partial charge on any atom is -0.496 e. The lowest BCUT2D eigenvalue weighted by Gasteiger charge is -2.21. The second kappa shape index (κ2) is 43.4. The summed E-state index contributed by atoms with van der Waals surface area (Å²) in [5, 5.41) is 26.6. The van der Waals surface area contributed by atoms with Crippen molar-refractivity contribution >= 4 is 125 Å². The van der Waals surface area contributed by atoms with Gasteiger partial charge in [0.2, 0.25) is 5.78 Å². The van der Waals surface area contributed by atoms with Gasteiger partial charge in [-0.25, -0.2) is 24.0 Å². The number of hydrogen-bond acceptors (Lipinski definition) is 19. The number of Topliss-reactive ketones (excluding diaryl/α,β-unsaturated/α-hetero) is 1. The number of hydrogen-bond donors (Lipinski definition) is 0. The second-order valence-electron chi connectivity index (χ2n) is 29.5. The van der Waals surface area contributed by atoms with Crippen molar-refractivity contribution in [3.63, 3.8) is 0 Å². The lowest BCUT2D eigenvalue weighted by atomic mass is 9.86. The number of unbranched alkanes of at least 4 members (excludes halogenated alkanes) is 3. The summed E-state index contributed by atoms with van der Waals surface area (Å²) >= 11 is 1.64. The number of carbonyl (C=O) groups is 7. The highest BCUT2D eigenvalue weighted by molar-refractivity contribution is 7.99. The molecule has 1 heterocycles. The smallest absolute Gasteiger partial charge is 0.365 e. The van der Waals surface area contributed by atoms with E-state index < -0.39 is 11.9 Å². The molecular weight excluding hydrogens is 1530 g/mol. The molecule has 0 radical (unpaired) electrons. The molecule has 0 atom stereocenters. The fourth-order valence-corrected chi connectivity index (χ4v) is 15.3. The van der Waals surface area contributed by atoms with Crippen LogP contribution in [0.25, 0.3) is 43.4 Å². The van der Waals surface area contributed by atoms with Gasteiger partial charge in [0.05, 0.1) is 41.4 Å². The van der Waals surface area contributed by atoms with E-state index in [2.05, 4.69) is 86.7 Å². The normalized spacial score (nSPS) is 13.8. The van der Waals surface area contributed by atoms with Gasteiger partial charge in [0.1, 0.15) is 11.5 Å². The Balaban J connectivity index is 0.000000150. The molecule has 0 aliphatic heterocycles. The number of methoxy groups -OCH3 is 1. The van der Waals surface area contributed by atoms with Crippen molar-refractivity contribution in [2.45, 2.75) is 169 Å². The van der Waals surface area contributed by atoms with E-state index in [0.29, 0.717) is 34.4 Å². The number of nitrogens with zero attached hydrogens (tertiary/aromatic N) is 6. The van der Waals surface area contributed by atoms with Gasteiger partial charge in [-0.2, -0.15) is 0 Å². The van der Waals surface area contributed by atoms with Gasteiger partial charge < -0.3 is 33.5 Å². The fourth-order valence-electron chi connectivity index (χ4n) is 14.5. The Kier molecular flexibility index (Phi) is 31.7. The number of ether oxygens (including phenoxy) is 1. The number of rotatable bonds is 21. The first-order valence-electron chi connectivity index (χ1n) is 40.8. The van der Waals surface area contributed by atoms with Crippen LogP contribution >= 0.6 is 11.8 Å². The quantitative estimate of drug-likeness (QED) is 0.0162. The Morgan fingerprint density at radius 3 is 1.69 bits per heavy atom. The van der Waals surface area contributed by atoms with E-state index in [4.69, 9.17) is 28.9 Å². The largest absolute Gasteiger partial charge is 0.496 e. The molecule has 12 aromatic rings. The number of aryl methyl sites for hydroxylation is 5. The van der Waals surface area contributed by atoms with Crippen molar-refractivity contribution in [1.82, 2.24) is 4.57 Å². The van der Waals surface area contributed by atoms with Crippen LogP contribution in [0, 0.1) is 12.8 Å². The standard InChI is InChI=1S/C27H27NO3S.C26H24N2O3.C19H21NO3.C15H13NO2.C13H15NO2/c1-2-3-4-11-16-25(28-31-27(30)22-12-7-5-8-13-22)26(29)21-17-19-24(20-18-21)32-23-14-9-6-10-15-23;1-5-28-24-12-10-19(17(3)27-31-18(4)29)14-22(24)23-15-20(11-13-25(23)28)26(30)21-9-7-6-8-16(21)2;1-12(2)19(21)23-20-16-10-6-7-13-11-17(22-3)14-8-4-5-9-15(14)18(13)16;1-10(17)18-16-14-9-8-12-7-6-11-4-2-3-5-13(11)15(12)14;1-10(15)16-14-13-9-5-3-7-11-6-2-4-8-12(11)13/h5-10,12-15,17-20H,2-4,11,16H2,1H3;6-15H,5H2,1-4H3;4-5,8-9,11-12H,6-7,10H2,1-3H3;2-7H,8-9H2,1H3;2,4,6,8H,3,5,7,9H2,1H3/b28-25+;27-17+;20-16+;;14-13+. The molecule has 11 aromatic carbocycles. The Morgan fingerprint density at radius 2 is 1.01 bits per heavy atom. The lowest BCUT2D eigenvalue weighted by molar-refractivity contribution is -0.147. The molecule has 19 nitrogen and oxygen atoms in total. The minimum atomic E-state index is -0.570. The third-order valence-corrected chi connectivity index (χ3v) is 21.6. The van der Waals surface area contributed by atoms with Gasteiger partial charge in [0.25, 0.3) is 0 Å². The van der Waals surface area contributed by atoms with Crippen molar-refractivity contribution in [2.24, 2.45) is 31.7 Å². The van der Waals surface area contributed by atoms with Crippen LogP contribution in [-0.4, -0.2) is 81.6 Å². The summed E-state index contributed by atoms with van der Waals surface area (Å²) in [6.07, 6.45) is 13.3. The van der Waals surface area contributed by atoms with Crippen LogP contribution in [-0.2, 0) is 69.2 Å². The van der Waals surface area contributed by atoms with Crippen LogP contribution in [0.3, 0.4) is 0 Å². The van der Waals surface area contributed by atoms with Gasteiger partial charge in [-0.05, 0) is 220 Å². The fraction of sp³-hybridized carbons (Fsp3) is 0.260. The van der Waals surface area contributed by atoms with Gasteiger partial charge in [-0.15, -0.1) is 0 Å². The van der Waals surface area contributed by atoms with Crippen molar-refractivity contribution in [3.05, 3.63) is 303 Å². The van der Waals surface area contributed by atoms with Gasteiger partial charge in [-0.3, -0.25) is 9.59 Å². The van der Waals surface area contributed by atoms with Crippen LogP contribution in [0.15, 0.2) is 272 Å². The molecular formula is C100H100N6O13S. The zero-order chi connectivity index (χ0) is 85.0. The van der Waals surface area contributed by atoms with Crippen molar-refractivity contribution < 1.29 is 62.5 Å². The zero-order valence-corrected chi connectivity index (χ0v) is 70.4. The van der Waals surface area contributed by atoms with Crippen molar-refractivity contribution in [3.8, 4) is 5.75 Å². The van der Waals surface area contributed by atoms with Crippen molar-refractivity contribution in [1.29, 1.82) is 0 Å². The molecule has 0 bridgehead atoms. The Labute approximate surface area is 704 Å². The molecule has 3 aliphatic rings. The molecule has 3 aliphatic carbocycles. The third-order valence-electron chi connectivity index (χ3n) is 20.6. The van der Waals surface area contributed by atoms with E-state index in [-0.39, 0.29) is 41.1 Å². The molecule has 0 amide bonds. The van der Waals surface area contributed by atoms with Crippen LogP contribution in [0.2, 0.25) is 0 Å². The highest BCUT2D eigenvalue weighted by atomic mass is 32.2. The van der Waals surface area contributed by atoms with Gasteiger partial charge in [-0.1, -0.05) is 229 Å². The predicted molar refractivity (Wildman–Crippen MR) is 477 cm³/mol. The zero-order valence-electron chi connectivity index (χ0n) is 69.6. The second-order valence-corrected chi connectivity index (χ2v) is 30.7. The van der Waals surface area contributed by atoms with Crippen molar-refractivity contribution in [2.75, 3.05) is 7.11 Å². The molecule has 0 unspecified atom stereocenters. The number of fused-ring (bicyclic) bond motifs is 10. The first-order valence-corrected chi connectivity index (χ1v) is 41.6. The molecule has 614 valence electrons. The molecule has 0 saturated carbocycles. The first kappa shape index (κ1) is 87.8. The predicted octanol–water partition coefficient (Wildman–Crippen LogP) is 22.7. The van der Waals surface area contributed by atoms with E-state index in [1.165, 1.54) is 48.2 Å². The topological polar surface area (TPSA) is 242 Å². The van der Waals surface area contributed by atoms with Crippen LogP contribution in [0.4, 0.5) is 0 Å². The molecule has 1 aromatic heterocycles. The molecule has 0 N–H and O–H groups in total. The number of aromatic nitrogens is 1. The average Bonchev–Trinajstić information content (AvgIpc) is 1.51. The van der Waals surface area contributed by atoms with Gasteiger partial charge in [0.15, 0.2) is 5.78 Å². The third kappa shape index (κ3) is 23.2. The molecule has 20 heteroatoms. The summed E-state index contributed by atoms with van der Waals surface area (Å²) in [4.78, 5) is 110. The summed E-state index contributed by atoms with van der Waals surface area (Å²) in [5.41, 5.74) is 16.9. The van der Waals surface area contributed by atoms with Crippen LogP contribution in [0.1, 0.15) is 207 Å². The molecule has 0 saturated heterocycles. The maximum Gasteiger partial charge on any atom is 0.365 e. The van der Waals surface area contributed by atoms with Crippen LogP contribution < -0.4 is 4.74 Å². The van der Waals surface area contributed by atoms with E-state index in [1.54, 1.807) is 76.0 Å². The number of carbonyl (C=O) groups excluding carboxylic acids is 7. The van der Waals surface area contributed by atoms with Crippen LogP contribution in [0.5, 0.6) is 5.75 Å². The molecule has 0 spiro atoms. The number of benzene rings is 11. The number of oxime groups is 5. The van der Waals surface area contributed by atoms with Gasteiger partial charge >= 0.3 is 29.8 Å². The lowest BCUT2D eigenvalue weighted by Crippen LogP contribution is -2.16. The molecule has 120 heavy (non-hydrogen) atoms. The molecule has 0 fully saturated rings. The summed E-state index contributed by atoms with van der Waals surface area (Å²) in [7, 11) is 1.69. The summed E-state index contributed by atoms with van der Waals surface area (Å²) < 4.78 is 7.76. The summed E-state index contributed by atoms with van der Waals surface area (Å²) in [5.74, 6) is -1.58. The maximum absolute atomic E-state index is 13.2. The first-order chi connectivity index (χ1) is 58.2.